The number of rotatable bonds is 13. The third-order valence-corrected chi connectivity index (χ3v) is 8.17. The fraction of sp³-hybridized carbons (Fsp3) is 0.438. The molecule has 2 aromatic carbocycles. The van der Waals surface area contributed by atoms with Crippen molar-refractivity contribution in [1.82, 2.24) is 16.1 Å². The number of nitrogens with two attached hydrogens (primary N) is 3. The highest BCUT2D eigenvalue weighted by atomic mass is 16.2. The maximum Gasteiger partial charge on any atom is 0.248 e. The number of hydrogen-bond acceptors (Lipinski definition) is 7. The Morgan fingerprint density at radius 2 is 1.67 bits per heavy atom. The molecule has 3 rings (SSSR count). The molecule has 0 saturated carbocycles. The second-order valence-corrected chi connectivity index (χ2v) is 11.2. The summed E-state index contributed by atoms with van der Waals surface area (Å²) in [6.07, 6.45) is 3.31. The molecule has 0 radical (unpaired) electrons. The van der Waals surface area contributed by atoms with Gasteiger partial charge in [-0.3, -0.25) is 9.59 Å². The number of hydrazone groups is 1. The molecule has 10 heteroatoms. The monoisotopic (exact) mass is 572 g/mol. The Hall–Kier alpha value is -4.36. The van der Waals surface area contributed by atoms with Crippen LogP contribution in [0, 0.1) is 17.2 Å². The molecule has 224 valence electrons. The molecule has 0 fully saturated rings. The quantitative estimate of drug-likeness (QED) is 0.121. The molecule has 2 aromatic rings. The van der Waals surface area contributed by atoms with Gasteiger partial charge in [0.2, 0.25) is 11.8 Å². The first kappa shape index (κ1) is 32.2. The predicted molar refractivity (Wildman–Crippen MR) is 167 cm³/mol. The van der Waals surface area contributed by atoms with Crippen molar-refractivity contribution in [2.75, 3.05) is 13.6 Å². The maximum absolute atomic E-state index is 12.8. The van der Waals surface area contributed by atoms with E-state index < -0.39 is 17.4 Å². The highest BCUT2D eigenvalue weighted by Gasteiger charge is 2.44. The van der Waals surface area contributed by atoms with Gasteiger partial charge in [-0.25, -0.2) is 0 Å². The summed E-state index contributed by atoms with van der Waals surface area (Å²) in [5, 5.41) is 20.2. The van der Waals surface area contributed by atoms with E-state index in [1.54, 1.807) is 13.1 Å². The highest BCUT2D eigenvalue weighted by Crippen LogP contribution is 2.44. The van der Waals surface area contributed by atoms with E-state index in [1.165, 1.54) is 0 Å². The van der Waals surface area contributed by atoms with Gasteiger partial charge < -0.3 is 33.3 Å². The number of amides is 2. The number of amidine groups is 1. The maximum atomic E-state index is 12.8. The smallest absolute Gasteiger partial charge is 0.248 e. The fourth-order valence-electron chi connectivity index (χ4n) is 5.77. The zero-order chi connectivity index (χ0) is 31.0. The van der Waals surface area contributed by atoms with Gasteiger partial charge in [0.25, 0.3) is 0 Å². The Morgan fingerprint density at radius 1 is 1.07 bits per heavy atom. The number of hydrogen-bond donors (Lipinski definition) is 6. The highest BCUT2D eigenvalue weighted by molar-refractivity contribution is 5.98. The normalized spacial score (nSPS) is 18.3. The first-order chi connectivity index (χ1) is 20.0. The largest absolute Gasteiger partial charge is 0.399 e. The van der Waals surface area contributed by atoms with Gasteiger partial charge in [-0.15, -0.1) is 0 Å². The van der Waals surface area contributed by atoms with Crippen LogP contribution in [-0.2, 0) is 23.1 Å². The average Bonchev–Trinajstić information content (AvgIpc) is 3.10. The third-order valence-electron chi connectivity index (χ3n) is 8.17. The molecular formula is C32H44N8O2. The topological polar surface area (TPSA) is 184 Å². The van der Waals surface area contributed by atoms with E-state index in [0.717, 1.165) is 34.2 Å². The first-order valence-electron chi connectivity index (χ1n) is 14.4. The van der Waals surface area contributed by atoms with Crippen molar-refractivity contribution in [2.24, 2.45) is 28.2 Å². The van der Waals surface area contributed by atoms with Crippen LogP contribution >= 0.6 is 0 Å². The number of primary amides is 1. The Labute approximate surface area is 248 Å². The van der Waals surface area contributed by atoms with E-state index in [2.05, 4.69) is 47.7 Å². The average molecular weight is 573 g/mol. The Kier molecular flexibility index (Phi) is 10.7. The molecule has 1 aliphatic carbocycles. The van der Waals surface area contributed by atoms with Gasteiger partial charge in [0.15, 0.2) is 0 Å². The Morgan fingerprint density at radius 3 is 2.19 bits per heavy atom. The molecule has 2 unspecified atom stereocenters. The lowest BCUT2D eigenvalue weighted by atomic mass is 9.67. The molecule has 0 aliphatic heterocycles. The lowest BCUT2D eigenvalue weighted by Crippen LogP contribution is -2.49. The molecule has 10 nitrogen and oxygen atoms in total. The summed E-state index contributed by atoms with van der Waals surface area (Å²) < 4.78 is 0. The van der Waals surface area contributed by atoms with Crippen molar-refractivity contribution < 1.29 is 9.59 Å². The molecule has 0 bridgehead atoms. The van der Waals surface area contributed by atoms with Crippen LogP contribution in [0.3, 0.4) is 0 Å². The molecule has 0 aromatic heterocycles. The van der Waals surface area contributed by atoms with Gasteiger partial charge in [0, 0.05) is 24.4 Å². The molecule has 0 saturated heterocycles. The van der Waals surface area contributed by atoms with Crippen LogP contribution < -0.4 is 33.3 Å². The Balaban J connectivity index is 2.05. The zero-order valence-electron chi connectivity index (χ0n) is 25.1. The molecule has 9 N–H and O–H groups in total. The van der Waals surface area contributed by atoms with Gasteiger partial charge >= 0.3 is 0 Å². The Bertz CT molecular complexity index is 1330. The van der Waals surface area contributed by atoms with E-state index in [0.29, 0.717) is 48.7 Å². The zero-order valence-corrected chi connectivity index (χ0v) is 25.1. The number of fused-ring (bicyclic) bond motifs is 2. The number of carbonyl (C=O) groups is 2. The number of nitriles is 1. The summed E-state index contributed by atoms with van der Waals surface area (Å²) in [5.74, 6) is -0.0782. The third kappa shape index (κ3) is 7.09. The number of aryl methyl sites for hydroxylation is 2. The summed E-state index contributed by atoms with van der Waals surface area (Å²) in [4.78, 5) is 24.9. The number of nitrogens with one attached hydrogen (secondary N) is 3. The van der Waals surface area contributed by atoms with Crippen LogP contribution in [0.2, 0.25) is 0 Å². The van der Waals surface area contributed by atoms with Crippen molar-refractivity contribution >= 4 is 23.3 Å². The van der Waals surface area contributed by atoms with E-state index in [9.17, 15) is 14.9 Å². The summed E-state index contributed by atoms with van der Waals surface area (Å²) in [5.41, 5.74) is 26.0. The summed E-state index contributed by atoms with van der Waals surface area (Å²) in [7, 11) is 1.69. The van der Waals surface area contributed by atoms with Crippen molar-refractivity contribution in [3.8, 4) is 6.07 Å². The SMILES string of the molecule is C=C(N)c1ccc2c(c1)CCc1cc(C(N)=O)ccc1C2(C[C@@H](C)NCC(=O)NC(C#N)C[C@@H](C)CC)/C(N)=N/NC. The minimum Gasteiger partial charge on any atom is -0.399 e. The summed E-state index contributed by atoms with van der Waals surface area (Å²) >= 11 is 0. The predicted octanol–water partition coefficient (Wildman–Crippen LogP) is 2.40. The van der Waals surface area contributed by atoms with Crippen LogP contribution in [0.5, 0.6) is 0 Å². The van der Waals surface area contributed by atoms with Crippen molar-refractivity contribution in [2.45, 2.75) is 70.4 Å². The minimum absolute atomic E-state index is 0.0330. The summed E-state index contributed by atoms with van der Waals surface area (Å²) in [6.45, 7) is 10.1. The van der Waals surface area contributed by atoms with Crippen LogP contribution in [0.15, 0.2) is 48.1 Å². The number of benzene rings is 2. The van der Waals surface area contributed by atoms with Gasteiger partial charge in [-0.1, -0.05) is 45.0 Å². The molecule has 1 aliphatic rings. The lowest BCUT2D eigenvalue weighted by molar-refractivity contribution is -0.120. The van der Waals surface area contributed by atoms with Crippen molar-refractivity contribution in [3.63, 3.8) is 0 Å². The van der Waals surface area contributed by atoms with Crippen LogP contribution in [0.25, 0.3) is 5.70 Å². The molecule has 2 amide bonds. The molecular weight excluding hydrogens is 528 g/mol. The second kappa shape index (κ2) is 14.0. The van der Waals surface area contributed by atoms with Crippen LogP contribution in [0.4, 0.5) is 0 Å². The fourth-order valence-corrected chi connectivity index (χ4v) is 5.77. The molecule has 0 heterocycles. The summed E-state index contributed by atoms with van der Waals surface area (Å²) in [6, 6.07) is 12.9. The van der Waals surface area contributed by atoms with Gasteiger partial charge in [-0.2, -0.15) is 10.4 Å². The first-order valence-corrected chi connectivity index (χ1v) is 14.4. The van der Waals surface area contributed by atoms with Crippen LogP contribution in [-0.4, -0.2) is 43.3 Å². The van der Waals surface area contributed by atoms with E-state index >= 15 is 0 Å². The van der Waals surface area contributed by atoms with E-state index in [-0.39, 0.29) is 18.5 Å². The van der Waals surface area contributed by atoms with Crippen LogP contribution in [0.1, 0.15) is 78.2 Å². The second-order valence-electron chi connectivity index (χ2n) is 11.2. The number of nitrogens with zero attached hydrogens (tertiary/aromatic N) is 2. The van der Waals surface area contributed by atoms with Crippen molar-refractivity contribution in [3.05, 3.63) is 76.4 Å². The minimum atomic E-state index is -0.913. The molecule has 4 atom stereocenters. The molecule has 0 spiro atoms. The van der Waals surface area contributed by atoms with Crippen molar-refractivity contribution in [1.29, 1.82) is 5.26 Å². The molecule has 42 heavy (non-hydrogen) atoms. The van der Waals surface area contributed by atoms with E-state index in [1.807, 2.05) is 37.3 Å². The standard InChI is InChI=1S/C32H44N8O2/c1-6-19(2)13-26(17-33)39-29(41)18-38-20(3)16-32(31(36)40-37-5)27-11-9-22(21(4)34)14-23(27)7-8-24-15-25(30(35)42)10-12-28(24)32/h9-12,14-15,19-20,26,37-38H,4,6-8,13,16,18,34H2,1-3,5H3,(H2,35,42)(H2,36,40)(H,39,41)/t19-,20+,26?,32?/m0/s1. The van der Waals surface area contributed by atoms with Gasteiger partial charge in [0.05, 0.1) is 18.0 Å². The number of carbonyl (C=O) groups excluding carboxylic acids is 2. The van der Waals surface area contributed by atoms with Gasteiger partial charge in [0.1, 0.15) is 11.9 Å². The van der Waals surface area contributed by atoms with Gasteiger partial charge in [-0.05, 0) is 84.5 Å². The van der Waals surface area contributed by atoms with E-state index in [4.69, 9.17) is 17.2 Å². The lowest BCUT2D eigenvalue weighted by Gasteiger charge is -2.38.